The molecule has 0 radical (unpaired) electrons. The molecular formula is C18H28N2O8. The molecule has 3 amide bonds. The van der Waals surface area contributed by atoms with E-state index in [1.54, 1.807) is 6.92 Å². The minimum absolute atomic E-state index is 0.138. The normalized spacial score (nSPS) is 38.2. The first-order valence-electron chi connectivity index (χ1n) is 9.65. The van der Waals surface area contributed by atoms with Gasteiger partial charge in [0, 0.05) is 32.0 Å². The fourth-order valence-electron chi connectivity index (χ4n) is 4.43. The first kappa shape index (κ1) is 21.0. The van der Waals surface area contributed by atoms with Crippen LogP contribution in [0.3, 0.4) is 0 Å². The van der Waals surface area contributed by atoms with Crippen molar-refractivity contribution in [2.75, 3.05) is 19.6 Å². The molecule has 3 fully saturated rings. The van der Waals surface area contributed by atoms with Crippen LogP contribution >= 0.6 is 0 Å². The van der Waals surface area contributed by atoms with Gasteiger partial charge >= 0.3 is 6.09 Å². The lowest BCUT2D eigenvalue weighted by atomic mass is 9.77. The van der Waals surface area contributed by atoms with Crippen LogP contribution < -0.4 is 0 Å². The molecule has 158 valence electrons. The van der Waals surface area contributed by atoms with E-state index in [-0.39, 0.29) is 31.3 Å². The maximum Gasteiger partial charge on any atom is 0.410 e. The zero-order chi connectivity index (χ0) is 20.8. The number of aliphatic hydroxyl groups excluding tert-OH is 4. The molecule has 1 saturated carbocycles. The summed E-state index contributed by atoms with van der Waals surface area (Å²) >= 11 is 0. The van der Waals surface area contributed by atoms with Crippen molar-refractivity contribution in [1.29, 1.82) is 0 Å². The van der Waals surface area contributed by atoms with Crippen molar-refractivity contribution in [3.05, 3.63) is 0 Å². The van der Waals surface area contributed by atoms with Gasteiger partial charge in [-0.3, -0.25) is 14.5 Å². The molecule has 3 aliphatic rings. The standard InChI is InChI=1S/C18H28N2O8/c1-3-20-10(21)8-18(16(20)26)4-6-19(7-5-18)17(27)28-15-13(24)11(22)9(2)12(23)14(15)25/h9,11-15,22-25H,3-8H2,1-2H3/t9-,11?,12?,13+,14?,15-/m0/s1. The van der Waals surface area contributed by atoms with Crippen LogP contribution in [0.4, 0.5) is 4.79 Å². The van der Waals surface area contributed by atoms with Crippen LogP contribution in [-0.2, 0) is 14.3 Å². The predicted molar refractivity (Wildman–Crippen MR) is 93.7 cm³/mol. The van der Waals surface area contributed by atoms with Gasteiger partial charge in [-0.05, 0) is 19.8 Å². The Morgan fingerprint density at radius 2 is 1.61 bits per heavy atom. The fraction of sp³-hybridized carbons (Fsp3) is 0.833. The van der Waals surface area contributed by atoms with Crippen LogP contribution in [0.15, 0.2) is 0 Å². The molecule has 3 rings (SSSR count). The quantitative estimate of drug-likeness (QED) is 0.407. The van der Waals surface area contributed by atoms with Crippen LogP contribution in [-0.4, -0.2) is 98.3 Å². The minimum atomic E-state index is -1.53. The highest BCUT2D eigenvalue weighted by Crippen LogP contribution is 2.42. The Morgan fingerprint density at radius 1 is 1.07 bits per heavy atom. The Balaban J connectivity index is 1.62. The summed E-state index contributed by atoms with van der Waals surface area (Å²) in [7, 11) is 0. The van der Waals surface area contributed by atoms with E-state index in [2.05, 4.69) is 0 Å². The minimum Gasteiger partial charge on any atom is -0.440 e. The van der Waals surface area contributed by atoms with Crippen LogP contribution in [0, 0.1) is 11.3 Å². The Kier molecular flexibility index (Phi) is 5.68. The molecule has 0 bridgehead atoms. The third-order valence-electron chi connectivity index (χ3n) is 6.47. The van der Waals surface area contributed by atoms with Gasteiger partial charge in [0.2, 0.25) is 11.8 Å². The van der Waals surface area contributed by atoms with Crippen molar-refractivity contribution < 1.29 is 39.5 Å². The number of imide groups is 1. The smallest absolute Gasteiger partial charge is 0.410 e. The maximum absolute atomic E-state index is 12.6. The highest BCUT2D eigenvalue weighted by atomic mass is 16.6. The van der Waals surface area contributed by atoms with Crippen LogP contribution in [0.1, 0.15) is 33.1 Å². The van der Waals surface area contributed by atoms with Gasteiger partial charge in [0.05, 0.1) is 17.6 Å². The third-order valence-corrected chi connectivity index (χ3v) is 6.47. The van der Waals surface area contributed by atoms with Crippen molar-refractivity contribution in [3.63, 3.8) is 0 Å². The SMILES string of the molecule is CCN1C(=O)CC2(CCN(C(=O)O[C@@H]3C(O)C(O)[C@@H](C)C(O)[C@H]3O)CC2)C1=O. The lowest BCUT2D eigenvalue weighted by Gasteiger charge is -2.43. The molecule has 6 atom stereocenters. The van der Waals surface area contributed by atoms with Gasteiger partial charge in [-0.1, -0.05) is 6.92 Å². The van der Waals surface area contributed by atoms with Crippen molar-refractivity contribution in [2.45, 2.75) is 63.6 Å². The number of carbonyl (C=O) groups is 3. The van der Waals surface area contributed by atoms with Gasteiger partial charge in [0.15, 0.2) is 6.10 Å². The molecule has 3 unspecified atom stereocenters. The number of piperidine rings is 1. The van der Waals surface area contributed by atoms with E-state index < -0.39 is 47.9 Å². The summed E-state index contributed by atoms with van der Waals surface area (Å²) in [5, 5.41) is 40.2. The molecule has 10 nitrogen and oxygen atoms in total. The summed E-state index contributed by atoms with van der Waals surface area (Å²) in [6, 6.07) is 0. The van der Waals surface area contributed by atoms with Gasteiger partial charge < -0.3 is 30.1 Å². The summed E-state index contributed by atoms with van der Waals surface area (Å²) in [6.07, 6.45) is -7.24. The summed E-state index contributed by atoms with van der Waals surface area (Å²) < 4.78 is 5.19. The third kappa shape index (κ3) is 3.28. The number of hydrogen-bond donors (Lipinski definition) is 4. The van der Waals surface area contributed by atoms with E-state index in [1.165, 1.54) is 16.7 Å². The van der Waals surface area contributed by atoms with Gasteiger partial charge in [-0.2, -0.15) is 0 Å². The average molecular weight is 400 g/mol. The molecule has 28 heavy (non-hydrogen) atoms. The number of rotatable bonds is 2. The molecule has 0 aromatic rings. The molecule has 2 aliphatic heterocycles. The monoisotopic (exact) mass is 400 g/mol. The lowest BCUT2D eigenvalue weighted by Crippen LogP contribution is -2.62. The summed E-state index contributed by atoms with van der Waals surface area (Å²) in [4.78, 5) is 39.6. The first-order valence-corrected chi connectivity index (χ1v) is 9.65. The second-order valence-electron chi connectivity index (χ2n) is 8.06. The molecule has 1 aliphatic carbocycles. The summed E-state index contributed by atoms with van der Waals surface area (Å²) in [5.41, 5.74) is -0.782. The van der Waals surface area contributed by atoms with Gasteiger partial charge in [-0.15, -0.1) is 0 Å². The Bertz CT molecular complexity index is 631. The van der Waals surface area contributed by atoms with Crippen LogP contribution in [0.2, 0.25) is 0 Å². The van der Waals surface area contributed by atoms with Crippen LogP contribution in [0.5, 0.6) is 0 Å². The van der Waals surface area contributed by atoms with E-state index in [9.17, 15) is 34.8 Å². The van der Waals surface area contributed by atoms with E-state index in [0.29, 0.717) is 19.4 Å². The molecular weight excluding hydrogens is 372 g/mol. The van der Waals surface area contributed by atoms with E-state index in [0.717, 1.165) is 0 Å². The number of hydrogen-bond acceptors (Lipinski definition) is 8. The second kappa shape index (κ2) is 7.58. The highest BCUT2D eigenvalue weighted by molar-refractivity contribution is 6.06. The Labute approximate surface area is 162 Å². The Morgan fingerprint density at radius 3 is 2.07 bits per heavy atom. The van der Waals surface area contributed by atoms with E-state index in [4.69, 9.17) is 4.74 Å². The van der Waals surface area contributed by atoms with Crippen molar-refractivity contribution in [2.24, 2.45) is 11.3 Å². The lowest BCUT2D eigenvalue weighted by molar-refractivity contribution is -0.202. The fourth-order valence-corrected chi connectivity index (χ4v) is 4.43. The molecule has 0 aromatic carbocycles. The molecule has 2 saturated heterocycles. The molecule has 2 heterocycles. The van der Waals surface area contributed by atoms with Crippen molar-refractivity contribution in [1.82, 2.24) is 9.80 Å². The maximum atomic E-state index is 12.6. The Hall–Kier alpha value is -1.75. The number of aliphatic hydroxyl groups is 4. The highest BCUT2D eigenvalue weighted by Gasteiger charge is 2.53. The van der Waals surface area contributed by atoms with Gasteiger partial charge in [-0.25, -0.2) is 4.79 Å². The average Bonchev–Trinajstić information content (AvgIpc) is 2.91. The molecule has 10 heteroatoms. The number of nitrogens with zero attached hydrogens (tertiary/aromatic N) is 2. The van der Waals surface area contributed by atoms with E-state index in [1.807, 2.05) is 0 Å². The predicted octanol–water partition coefficient (Wildman–Crippen LogP) is -1.55. The molecule has 4 N–H and O–H groups in total. The van der Waals surface area contributed by atoms with Crippen LogP contribution in [0.25, 0.3) is 0 Å². The van der Waals surface area contributed by atoms with E-state index >= 15 is 0 Å². The number of amides is 3. The number of likely N-dealkylation sites (tertiary alicyclic amines) is 2. The van der Waals surface area contributed by atoms with Crippen molar-refractivity contribution in [3.8, 4) is 0 Å². The second-order valence-corrected chi connectivity index (χ2v) is 8.06. The first-order chi connectivity index (χ1) is 13.1. The topological polar surface area (TPSA) is 148 Å². The zero-order valence-electron chi connectivity index (χ0n) is 16.0. The van der Waals surface area contributed by atoms with Crippen molar-refractivity contribution >= 4 is 17.9 Å². The summed E-state index contributed by atoms with van der Waals surface area (Å²) in [6.45, 7) is 3.92. The summed E-state index contributed by atoms with van der Waals surface area (Å²) in [5.74, 6) is -1.18. The van der Waals surface area contributed by atoms with Gasteiger partial charge in [0.25, 0.3) is 0 Å². The number of carbonyl (C=O) groups excluding carboxylic acids is 3. The molecule has 0 aromatic heterocycles. The van der Waals surface area contributed by atoms with Gasteiger partial charge in [0.1, 0.15) is 12.2 Å². The molecule has 1 spiro atoms. The zero-order valence-corrected chi connectivity index (χ0v) is 16.0. The largest absolute Gasteiger partial charge is 0.440 e. The number of ether oxygens (including phenoxy) is 1.